The van der Waals surface area contributed by atoms with Crippen LogP contribution < -0.4 is 9.64 Å². The average molecular weight is 371 g/mol. The molecule has 0 amide bonds. The van der Waals surface area contributed by atoms with Gasteiger partial charge in [0.25, 0.3) is 0 Å². The van der Waals surface area contributed by atoms with Crippen LogP contribution in [-0.4, -0.2) is 45.1 Å². The van der Waals surface area contributed by atoms with Crippen LogP contribution in [0.4, 0.5) is 0 Å². The van der Waals surface area contributed by atoms with Crippen molar-refractivity contribution in [3.05, 3.63) is 65.7 Å². The zero-order valence-electron chi connectivity index (χ0n) is 16.7. The Hall–Kier alpha value is -1.88. The number of quaternary nitrogens is 1. The lowest BCUT2D eigenvalue weighted by Gasteiger charge is -2.42. The number of aliphatic hydroxyl groups is 1. The highest BCUT2D eigenvalue weighted by atomic mass is 16.5. The van der Waals surface area contributed by atoms with Crippen molar-refractivity contribution < 1.29 is 19.5 Å². The van der Waals surface area contributed by atoms with Crippen LogP contribution >= 0.6 is 0 Å². The van der Waals surface area contributed by atoms with Crippen molar-refractivity contribution in [2.75, 3.05) is 40.0 Å². The Morgan fingerprint density at radius 3 is 2.22 bits per heavy atom. The summed E-state index contributed by atoms with van der Waals surface area (Å²) in [5, 5.41) is 12.1. The highest BCUT2D eigenvalue weighted by Crippen LogP contribution is 2.42. The molecule has 0 radical (unpaired) electrons. The molecule has 1 aliphatic heterocycles. The van der Waals surface area contributed by atoms with Gasteiger partial charge in [0.2, 0.25) is 0 Å². The van der Waals surface area contributed by atoms with E-state index in [2.05, 4.69) is 38.1 Å². The molecule has 3 rings (SSSR count). The van der Waals surface area contributed by atoms with Gasteiger partial charge in [-0.25, -0.2) is 0 Å². The maximum atomic E-state index is 12.1. The molecule has 1 heterocycles. The van der Waals surface area contributed by atoms with Crippen LogP contribution in [0.25, 0.3) is 0 Å². The fourth-order valence-electron chi connectivity index (χ4n) is 4.16. The SMILES string of the molecule is COc1ccc([C@@](O)(C(C)C)[C@@H](C[NH+]2CCOCC2)c2ccccc2)cc1. The highest BCUT2D eigenvalue weighted by Gasteiger charge is 2.44. The first-order chi connectivity index (χ1) is 13.1. The molecule has 4 heteroatoms. The van der Waals surface area contributed by atoms with Crippen LogP contribution in [0.3, 0.4) is 0 Å². The van der Waals surface area contributed by atoms with Gasteiger partial charge in [-0.1, -0.05) is 56.3 Å². The quantitative estimate of drug-likeness (QED) is 0.786. The van der Waals surface area contributed by atoms with Crippen LogP contribution in [0, 0.1) is 5.92 Å². The Kier molecular flexibility index (Phi) is 6.53. The Labute approximate surface area is 162 Å². The van der Waals surface area contributed by atoms with Crippen molar-refractivity contribution in [3.8, 4) is 5.75 Å². The third-order valence-electron chi connectivity index (χ3n) is 5.86. The fourth-order valence-corrected chi connectivity index (χ4v) is 4.16. The molecule has 0 bridgehead atoms. The average Bonchev–Trinajstić information content (AvgIpc) is 2.73. The molecule has 1 saturated heterocycles. The second-order valence-corrected chi connectivity index (χ2v) is 7.74. The molecular weight excluding hydrogens is 338 g/mol. The summed E-state index contributed by atoms with van der Waals surface area (Å²) in [4.78, 5) is 1.49. The lowest BCUT2D eigenvalue weighted by molar-refractivity contribution is -0.910. The summed E-state index contributed by atoms with van der Waals surface area (Å²) >= 11 is 0. The molecule has 0 saturated carbocycles. The summed E-state index contributed by atoms with van der Waals surface area (Å²) in [6, 6.07) is 18.3. The van der Waals surface area contributed by atoms with E-state index in [1.807, 2.05) is 30.3 Å². The van der Waals surface area contributed by atoms with Gasteiger partial charge in [-0.05, 0) is 29.2 Å². The molecule has 4 nitrogen and oxygen atoms in total. The molecule has 2 N–H and O–H groups in total. The summed E-state index contributed by atoms with van der Waals surface area (Å²) in [6.45, 7) is 8.65. The number of rotatable bonds is 7. The lowest BCUT2D eigenvalue weighted by Crippen LogP contribution is -3.14. The number of nitrogens with one attached hydrogen (secondary N) is 1. The number of benzene rings is 2. The van der Waals surface area contributed by atoms with Gasteiger partial charge < -0.3 is 19.5 Å². The van der Waals surface area contributed by atoms with Crippen LogP contribution in [0.5, 0.6) is 5.75 Å². The van der Waals surface area contributed by atoms with Crippen LogP contribution in [0.2, 0.25) is 0 Å². The van der Waals surface area contributed by atoms with Crippen LogP contribution in [-0.2, 0) is 10.3 Å². The van der Waals surface area contributed by atoms with E-state index in [1.54, 1.807) is 7.11 Å². The molecule has 27 heavy (non-hydrogen) atoms. The van der Waals surface area contributed by atoms with E-state index >= 15 is 0 Å². The van der Waals surface area contributed by atoms with E-state index in [9.17, 15) is 5.11 Å². The molecule has 146 valence electrons. The molecule has 0 aliphatic carbocycles. The second kappa shape index (κ2) is 8.87. The van der Waals surface area contributed by atoms with Crippen LogP contribution in [0.1, 0.15) is 30.9 Å². The Balaban J connectivity index is 2.01. The van der Waals surface area contributed by atoms with E-state index in [0.29, 0.717) is 0 Å². The first-order valence-corrected chi connectivity index (χ1v) is 9.89. The first-order valence-electron chi connectivity index (χ1n) is 9.89. The molecule has 2 aromatic rings. The number of hydrogen-bond acceptors (Lipinski definition) is 3. The Bertz CT molecular complexity index is 695. The fraction of sp³-hybridized carbons (Fsp3) is 0.478. The Morgan fingerprint density at radius 2 is 1.67 bits per heavy atom. The largest absolute Gasteiger partial charge is 0.497 e. The summed E-state index contributed by atoms with van der Waals surface area (Å²) < 4.78 is 10.8. The summed E-state index contributed by atoms with van der Waals surface area (Å²) in [6.07, 6.45) is 0. The molecular formula is C23H32NO3+. The van der Waals surface area contributed by atoms with Crippen molar-refractivity contribution >= 4 is 0 Å². The van der Waals surface area contributed by atoms with Gasteiger partial charge in [-0.15, -0.1) is 0 Å². The monoisotopic (exact) mass is 370 g/mol. The van der Waals surface area contributed by atoms with Crippen molar-refractivity contribution in [2.45, 2.75) is 25.4 Å². The van der Waals surface area contributed by atoms with Crippen LogP contribution in [0.15, 0.2) is 54.6 Å². The van der Waals surface area contributed by atoms with E-state index in [0.717, 1.165) is 44.2 Å². The molecule has 2 atom stereocenters. The summed E-state index contributed by atoms with van der Waals surface area (Å²) in [5.74, 6) is 0.872. The number of morpholine rings is 1. The predicted molar refractivity (Wildman–Crippen MR) is 107 cm³/mol. The van der Waals surface area contributed by atoms with Crippen molar-refractivity contribution in [2.24, 2.45) is 5.92 Å². The van der Waals surface area contributed by atoms with Gasteiger partial charge in [0.15, 0.2) is 0 Å². The van der Waals surface area contributed by atoms with E-state index in [-0.39, 0.29) is 11.8 Å². The minimum Gasteiger partial charge on any atom is -0.497 e. The molecule has 0 aromatic heterocycles. The minimum atomic E-state index is -0.959. The molecule has 0 spiro atoms. The van der Waals surface area contributed by atoms with Gasteiger partial charge in [0.05, 0.1) is 32.8 Å². The maximum Gasteiger partial charge on any atom is 0.118 e. The maximum absolute atomic E-state index is 12.1. The minimum absolute atomic E-state index is 0.000180. The molecule has 1 fully saturated rings. The number of methoxy groups -OCH3 is 1. The van der Waals surface area contributed by atoms with Crippen molar-refractivity contribution in [1.82, 2.24) is 0 Å². The van der Waals surface area contributed by atoms with Crippen molar-refractivity contribution in [1.29, 1.82) is 0 Å². The van der Waals surface area contributed by atoms with E-state index in [4.69, 9.17) is 9.47 Å². The topological polar surface area (TPSA) is 43.1 Å². The summed E-state index contributed by atoms with van der Waals surface area (Å²) in [5.41, 5.74) is 1.17. The molecule has 1 aliphatic rings. The standard InChI is InChI=1S/C23H31NO3/c1-18(2)23(25,20-9-11-21(26-3)12-10-20)22(19-7-5-4-6-8-19)17-24-13-15-27-16-14-24/h4-12,18,22,25H,13-17H2,1-3H3/p+1/t22-,23-/m0/s1. The van der Waals surface area contributed by atoms with Gasteiger partial charge in [0, 0.05) is 0 Å². The third-order valence-corrected chi connectivity index (χ3v) is 5.86. The van der Waals surface area contributed by atoms with E-state index in [1.165, 1.54) is 10.5 Å². The smallest absolute Gasteiger partial charge is 0.118 e. The predicted octanol–water partition coefficient (Wildman–Crippen LogP) is 2.24. The van der Waals surface area contributed by atoms with Crippen molar-refractivity contribution in [3.63, 3.8) is 0 Å². The van der Waals surface area contributed by atoms with Gasteiger partial charge in [0.1, 0.15) is 24.4 Å². The second-order valence-electron chi connectivity index (χ2n) is 7.74. The highest BCUT2D eigenvalue weighted by molar-refractivity contribution is 5.35. The third kappa shape index (κ3) is 4.34. The zero-order chi connectivity index (χ0) is 19.3. The Morgan fingerprint density at radius 1 is 1.04 bits per heavy atom. The van der Waals surface area contributed by atoms with E-state index < -0.39 is 5.60 Å². The van der Waals surface area contributed by atoms with Gasteiger partial charge in [-0.3, -0.25) is 0 Å². The van der Waals surface area contributed by atoms with Gasteiger partial charge >= 0.3 is 0 Å². The molecule has 0 unspecified atom stereocenters. The molecule has 2 aromatic carbocycles. The number of ether oxygens (including phenoxy) is 2. The van der Waals surface area contributed by atoms with Gasteiger partial charge in [-0.2, -0.15) is 0 Å². The first kappa shape index (κ1) is 19.9. The normalized spacial score (nSPS) is 18.9. The lowest BCUT2D eigenvalue weighted by atomic mass is 9.70. The summed E-state index contributed by atoms with van der Waals surface area (Å²) in [7, 11) is 1.66. The number of hydrogen-bond donors (Lipinski definition) is 2. The zero-order valence-corrected chi connectivity index (χ0v) is 16.7.